The minimum Gasteiger partial charge on any atom is -0.356 e. The third-order valence-electron chi connectivity index (χ3n) is 6.39. The molecule has 0 atom stereocenters. The molecule has 2 aromatic rings. The van der Waals surface area contributed by atoms with Crippen molar-refractivity contribution in [3.63, 3.8) is 0 Å². The molecule has 1 aliphatic heterocycles. The first-order chi connectivity index (χ1) is 15.3. The number of nitrogens with one attached hydrogen (secondary N) is 2. The number of nitrogens with zero attached hydrogens (tertiary/aromatic N) is 5. The lowest BCUT2D eigenvalue weighted by atomic mass is 9.88. The zero-order valence-electron chi connectivity index (χ0n) is 19.0. The number of piperidine rings is 1. The van der Waals surface area contributed by atoms with E-state index in [0.29, 0.717) is 36.4 Å². The summed E-state index contributed by atoms with van der Waals surface area (Å²) in [5.41, 5.74) is 0.696. The van der Waals surface area contributed by atoms with E-state index in [9.17, 15) is 0 Å². The highest BCUT2D eigenvalue weighted by molar-refractivity contribution is 14.0. The van der Waals surface area contributed by atoms with Gasteiger partial charge in [-0.2, -0.15) is 4.98 Å². The molecule has 2 fully saturated rings. The van der Waals surface area contributed by atoms with Gasteiger partial charge in [-0.25, -0.2) is 0 Å². The first-order valence-corrected chi connectivity index (χ1v) is 11.7. The van der Waals surface area contributed by atoms with Gasteiger partial charge in [0.25, 0.3) is 5.89 Å². The van der Waals surface area contributed by atoms with Gasteiger partial charge in [0.05, 0.1) is 0 Å². The predicted octanol–water partition coefficient (Wildman–Crippen LogP) is 3.50. The quantitative estimate of drug-likeness (QED) is 0.308. The maximum atomic E-state index is 5.32. The van der Waals surface area contributed by atoms with Crippen molar-refractivity contribution >= 4 is 29.9 Å². The monoisotopic (exact) mass is 553 g/mol. The van der Waals surface area contributed by atoms with Crippen molar-refractivity contribution in [2.75, 3.05) is 33.2 Å². The molecule has 2 aromatic heterocycles. The Labute approximate surface area is 208 Å². The van der Waals surface area contributed by atoms with E-state index < -0.39 is 0 Å². The van der Waals surface area contributed by atoms with Crippen LogP contribution in [0.2, 0.25) is 0 Å². The SMILES string of the molecule is CN=C(NCCc1noc(-c2ccccn2)n1)NC1CCN(CC2CCCCC2)CC1.I. The molecule has 176 valence electrons. The zero-order chi connectivity index (χ0) is 21.3. The molecule has 0 bridgehead atoms. The maximum Gasteiger partial charge on any atom is 0.276 e. The highest BCUT2D eigenvalue weighted by atomic mass is 127. The Morgan fingerprint density at radius 1 is 1.16 bits per heavy atom. The number of hydrogen-bond donors (Lipinski definition) is 2. The average molecular weight is 553 g/mol. The molecule has 3 heterocycles. The standard InChI is InChI=1S/C23H35N7O.HI/c1-24-23(26-14-10-21-28-22(31-29-21)20-9-5-6-13-25-20)27-19-11-15-30(16-12-19)17-18-7-3-2-4-8-18;/h5-6,9,13,18-19H,2-4,7-8,10-12,14-17H2,1H3,(H2,24,26,27);1H. The Morgan fingerprint density at radius 3 is 2.69 bits per heavy atom. The third kappa shape index (κ3) is 7.40. The van der Waals surface area contributed by atoms with Crippen molar-refractivity contribution < 1.29 is 4.52 Å². The highest BCUT2D eigenvalue weighted by Gasteiger charge is 2.23. The van der Waals surface area contributed by atoms with Crippen LogP contribution >= 0.6 is 24.0 Å². The maximum absolute atomic E-state index is 5.32. The van der Waals surface area contributed by atoms with Gasteiger partial charge in [-0.3, -0.25) is 9.98 Å². The number of aliphatic imine (C=N–C) groups is 1. The topological polar surface area (TPSA) is 91.5 Å². The van der Waals surface area contributed by atoms with Crippen molar-refractivity contribution in [1.82, 2.24) is 30.7 Å². The summed E-state index contributed by atoms with van der Waals surface area (Å²) in [4.78, 5) is 15.7. The number of hydrogen-bond acceptors (Lipinski definition) is 6. The number of likely N-dealkylation sites (tertiary alicyclic amines) is 1. The van der Waals surface area contributed by atoms with Crippen LogP contribution < -0.4 is 10.6 Å². The van der Waals surface area contributed by atoms with E-state index in [0.717, 1.165) is 11.9 Å². The smallest absolute Gasteiger partial charge is 0.276 e. The summed E-state index contributed by atoms with van der Waals surface area (Å²) in [5.74, 6) is 2.90. The number of guanidine groups is 1. The van der Waals surface area contributed by atoms with E-state index in [-0.39, 0.29) is 24.0 Å². The molecule has 8 nitrogen and oxygen atoms in total. The van der Waals surface area contributed by atoms with Gasteiger partial charge in [0.1, 0.15) is 5.69 Å². The summed E-state index contributed by atoms with van der Waals surface area (Å²) >= 11 is 0. The number of halogens is 1. The van der Waals surface area contributed by atoms with E-state index in [4.69, 9.17) is 4.52 Å². The van der Waals surface area contributed by atoms with Crippen molar-refractivity contribution in [3.05, 3.63) is 30.2 Å². The molecule has 2 N–H and O–H groups in total. The summed E-state index contributed by atoms with van der Waals surface area (Å²) in [7, 11) is 1.82. The van der Waals surface area contributed by atoms with Gasteiger partial charge in [-0.1, -0.05) is 30.5 Å². The summed E-state index contributed by atoms with van der Waals surface area (Å²) in [6.07, 6.45) is 11.9. The van der Waals surface area contributed by atoms with Crippen LogP contribution in [0.4, 0.5) is 0 Å². The van der Waals surface area contributed by atoms with E-state index in [1.54, 1.807) is 6.20 Å². The van der Waals surface area contributed by atoms with Gasteiger partial charge in [0, 0.05) is 51.9 Å². The lowest BCUT2D eigenvalue weighted by Gasteiger charge is -2.36. The van der Waals surface area contributed by atoms with Crippen LogP contribution in [0, 0.1) is 5.92 Å². The number of pyridine rings is 1. The second kappa shape index (κ2) is 13.1. The molecule has 0 unspecified atom stereocenters. The van der Waals surface area contributed by atoms with Gasteiger partial charge in [0.2, 0.25) is 0 Å². The number of rotatable bonds is 7. The Morgan fingerprint density at radius 2 is 1.97 bits per heavy atom. The lowest BCUT2D eigenvalue weighted by Crippen LogP contribution is -2.49. The third-order valence-corrected chi connectivity index (χ3v) is 6.39. The van der Waals surface area contributed by atoms with Gasteiger partial charge in [-0.05, 0) is 43.7 Å². The van der Waals surface area contributed by atoms with Gasteiger partial charge in [-0.15, -0.1) is 24.0 Å². The van der Waals surface area contributed by atoms with Gasteiger partial charge in [0.15, 0.2) is 11.8 Å². The van der Waals surface area contributed by atoms with Crippen LogP contribution in [-0.4, -0.2) is 65.3 Å². The molecule has 4 rings (SSSR count). The van der Waals surface area contributed by atoms with Gasteiger partial charge >= 0.3 is 0 Å². The van der Waals surface area contributed by atoms with Gasteiger partial charge < -0.3 is 20.1 Å². The molecule has 0 aromatic carbocycles. The minimum absolute atomic E-state index is 0. The van der Waals surface area contributed by atoms with Crippen LogP contribution in [0.3, 0.4) is 0 Å². The summed E-state index contributed by atoms with van der Waals surface area (Å²) in [5, 5.41) is 11.0. The zero-order valence-corrected chi connectivity index (χ0v) is 21.3. The van der Waals surface area contributed by atoms with Crippen molar-refractivity contribution in [1.29, 1.82) is 0 Å². The normalized spacial score (nSPS) is 18.8. The average Bonchev–Trinajstić information content (AvgIpc) is 3.30. The van der Waals surface area contributed by atoms with Crippen molar-refractivity contribution in [2.45, 2.75) is 57.4 Å². The highest BCUT2D eigenvalue weighted by Crippen LogP contribution is 2.25. The van der Waals surface area contributed by atoms with Crippen LogP contribution in [0.15, 0.2) is 33.9 Å². The first-order valence-electron chi connectivity index (χ1n) is 11.7. The van der Waals surface area contributed by atoms with E-state index in [2.05, 4.69) is 35.7 Å². The first kappa shape index (κ1) is 24.9. The fourth-order valence-electron chi connectivity index (χ4n) is 4.62. The minimum atomic E-state index is 0. The molecule has 2 aliphatic rings. The molecule has 9 heteroatoms. The second-order valence-electron chi connectivity index (χ2n) is 8.70. The Bertz CT molecular complexity index is 815. The van der Waals surface area contributed by atoms with Crippen LogP contribution in [0.25, 0.3) is 11.6 Å². The molecule has 32 heavy (non-hydrogen) atoms. The summed E-state index contributed by atoms with van der Waals surface area (Å²) < 4.78 is 5.32. The van der Waals surface area contributed by atoms with Crippen LogP contribution in [-0.2, 0) is 6.42 Å². The van der Waals surface area contributed by atoms with E-state index in [1.165, 1.54) is 64.6 Å². The molecule has 0 amide bonds. The van der Waals surface area contributed by atoms with E-state index >= 15 is 0 Å². The molecule has 1 saturated carbocycles. The molecule has 1 aliphatic carbocycles. The molecule has 0 radical (unpaired) electrons. The number of aromatic nitrogens is 3. The van der Waals surface area contributed by atoms with Crippen LogP contribution in [0.5, 0.6) is 0 Å². The van der Waals surface area contributed by atoms with Crippen LogP contribution in [0.1, 0.15) is 50.8 Å². The Kier molecular flexibility index (Phi) is 10.2. The Hall–Kier alpha value is -1.75. The molecule has 0 spiro atoms. The fraction of sp³-hybridized carbons (Fsp3) is 0.652. The van der Waals surface area contributed by atoms with E-state index in [1.807, 2.05) is 25.2 Å². The largest absolute Gasteiger partial charge is 0.356 e. The Balaban J connectivity index is 0.00000289. The molecular formula is C23H36IN7O. The second-order valence-corrected chi connectivity index (χ2v) is 8.70. The lowest BCUT2D eigenvalue weighted by molar-refractivity contribution is 0.160. The summed E-state index contributed by atoms with van der Waals surface area (Å²) in [6, 6.07) is 6.12. The predicted molar refractivity (Wildman–Crippen MR) is 137 cm³/mol. The molecular weight excluding hydrogens is 517 g/mol. The van der Waals surface area contributed by atoms with Crippen molar-refractivity contribution in [2.24, 2.45) is 10.9 Å². The van der Waals surface area contributed by atoms with Crippen molar-refractivity contribution in [3.8, 4) is 11.6 Å². The fourth-order valence-corrected chi connectivity index (χ4v) is 4.62. The summed E-state index contributed by atoms with van der Waals surface area (Å²) in [6.45, 7) is 4.36. The molecule has 1 saturated heterocycles.